The second kappa shape index (κ2) is 7.30. The van der Waals surface area contributed by atoms with Crippen molar-refractivity contribution in [1.29, 1.82) is 0 Å². The molecule has 0 heterocycles. The van der Waals surface area contributed by atoms with Gasteiger partial charge in [0.25, 0.3) is 0 Å². The fraction of sp³-hybridized carbons (Fsp3) is 0.625. The van der Waals surface area contributed by atoms with Gasteiger partial charge in [0.05, 0.1) is 0 Å². The Bertz CT molecular complexity index is 364. The van der Waals surface area contributed by atoms with Gasteiger partial charge in [-0.05, 0) is 56.3 Å². The molecule has 0 spiro atoms. The summed E-state index contributed by atoms with van der Waals surface area (Å²) in [5.41, 5.74) is 1.48. The second-order valence-corrected chi connectivity index (χ2v) is 6.37. The number of hydrogen-bond donors (Lipinski definition) is 1. The minimum atomic E-state index is 0.846. The molecule has 2 unspecified atom stereocenters. The summed E-state index contributed by atoms with van der Waals surface area (Å²) >= 11 is 3.69. The summed E-state index contributed by atoms with van der Waals surface area (Å²) in [6.45, 7) is 1.18. The van der Waals surface area contributed by atoms with Gasteiger partial charge in [0.1, 0.15) is 0 Å². The lowest BCUT2D eigenvalue weighted by Gasteiger charge is -2.25. The van der Waals surface area contributed by atoms with Gasteiger partial charge in [-0.3, -0.25) is 0 Å². The van der Waals surface area contributed by atoms with Crippen LogP contribution in [0.2, 0.25) is 0 Å². The quantitative estimate of drug-likeness (QED) is 0.812. The van der Waals surface area contributed by atoms with E-state index in [1.54, 1.807) is 0 Å². The van der Waals surface area contributed by atoms with Crippen LogP contribution in [0.1, 0.15) is 37.7 Å². The lowest BCUT2D eigenvalue weighted by Crippen LogP contribution is -2.26. The van der Waals surface area contributed by atoms with Gasteiger partial charge in [0.15, 0.2) is 0 Å². The van der Waals surface area contributed by atoms with Gasteiger partial charge in [-0.25, -0.2) is 0 Å². The molecule has 0 aliphatic heterocycles. The summed E-state index contributed by atoms with van der Waals surface area (Å²) in [5, 5.41) is 3.38. The molecule has 100 valence electrons. The van der Waals surface area contributed by atoms with Crippen LogP contribution in [0.3, 0.4) is 0 Å². The summed E-state index contributed by atoms with van der Waals surface area (Å²) in [4.78, 5) is 0. The SMILES string of the molecule is CNCC1CCCCCC1Cc1ccccc1Br. The van der Waals surface area contributed by atoms with Crippen molar-refractivity contribution in [1.82, 2.24) is 5.32 Å². The fourth-order valence-corrected chi connectivity index (χ4v) is 3.65. The van der Waals surface area contributed by atoms with Gasteiger partial charge in [0.2, 0.25) is 0 Å². The van der Waals surface area contributed by atoms with Crippen LogP contribution in [-0.4, -0.2) is 13.6 Å². The predicted molar refractivity (Wildman–Crippen MR) is 81.8 cm³/mol. The monoisotopic (exact) mass is 309 g/mol. The molecule has 1 N–H and O–H groups in total. The minimum Gasteiger partial charge on any atom is -0.319 e. The Balaban J connectivity index is 2.06. The van der Waals surface area contributed by atoms with Crippen LogP contribution < -0.4 is 5.32 Å². The molecule has 18 heavy (non-hydrogen) atoms. The third-order valence-electron chi connectivity index (χ3n) is 4.22. The molecule has 2 rings (SSSR count). The van der Waals surface area contributed by atoms with Crippen molar-refractivity contribution in [3.05, 3.63) is 34.3 Å². The molecular weight excluding hydrogens is 286 g/mol. The van der Waals surface area contributed by atoms with Gasteiger partial charge >= 0.3 is 0 Å². The van der Waals surface area contributed by atoms with Crippen LogP contribution in [0.25, 0.3) is 0 Å². The van der Waals surface area contributed by atoms with Crippen molar-refractivity contribution >= 4 is 15.9 Å². The molecule has 1 saturated carbocycles. The standard InChI is InChI=1S/C16H24BrN/c1-18-12-15-9-4-2-3-7-13(15)11-14-8-5-6-10-16(14)17/h5-6,8,10,13,15,18H,2-4,7,9,11-12H2,1H3. The first-order valence-electron chi connectivity index (χ1n) is 7.19. The summed E-state index contributed by atoms with van der Waals surface area (Å²) in [5.74, 6) is 1.70. The van der Waals surface area contributed by atoms with Gasteiger partial charge in [-0.1, -0.05) is 53.4 Å². The van der Waals surface area contributed by atoms with Gasteiger partial charge < -0.3 is 5.32 Å². The molecule has 0 amide bonds. The summed E-state index contributed by atoms with van der Waals surface area (Å²) in [7, 11) is 2.08. The molecule has 1 aromatic rings. The molecule has 1 aliphatic carbocycles. The summed E-state index contributed by atoms with van der Waals surface area (Å²) < 4.78 is 1.28. The second-order valence-electron chi connectivity index (χ2n) is 5.51. The predicted octanol–water partition coefficient (Wildman–Crippen LogP) is 4.41. The molecule has 0 radical (unpaired) electrons. The van der Waals surface area contributed by atoms with Crippen molar-refractivity contribution in [2.75, 3.05) is 13.6 Å². The average Bonchev–Trinajstić information content (AvgIpc) is 2.59. The highest BCUT2D eigenvalue weighted by Gasteiger charge is 2.23. The highest BCUT2D eigenvalue weighted by atomic mass is 79.9. The van der Waals surface area contributed by atoms with E-state index in [9.17, 15) is 0 Å². The van der Waals surface area contributed by atoms with E-state index in [4.69, 9.17) is 0 Å². The highest BCUT2D eigenvalue weighted by Crippen LogP contribution is 2.32. The largest absolute Gasteiger partial charge is 0.319 e. The molecule has 2 atom stereocenters. The smallest absolute Gasteiger partial charge is 0.0207 e. The first-order valence-corrected chi connectivity index (χ1v) is 7.98. The Morgan fingerprint density at radius 2 is 1.83 bits per heavy atom. The average molecular weight is 310 g/mol. The molecule has 1 aliphatic rings. The Hall–Kier alpha value is -0.340. The number of benzene rings is 1. The number of hydrogen-bond acceptors (Lipinski definition) is 1. The van der Waals surface area contributed by atoms with E-state index >= 15 is 0 Å². The topological polar surface area (TPSA) is 12.0 Å². The molecule has 1 aromatic carbocycles. The van der Waals surface area contributed by atoms with Crippen LogP contribution in [0.4, 0.5) is 0 Å². The van der Waals surface area contributed by atoms with Crippen LogP contribution in [0.5, 0.6) is 0 Å². The van der Waals surface area contributed by atoms with Crippen LogP contribution in [0, 0.1) is 11.8 Å². The molecule has 0 bridgehead atoms. The Morgan fingerprint density at radius 3 is 2.56 bits per heavy atom. The van der Waals surface area contributed by atoms with Gasteiger partial charge in [-0.2, -0.15) is 0 Å². The lowest BCUT2D eigenvalue weighted by atomic mass is 9.83. The minimum absolute atomic E-state index is 0.846. The van der Waals surface area contributed by atoms with E-state index in [2.05, 4.69) is 52.6 Å². The molecule has 0 saturated heterocycles. The van der Waals surface area contributed by atoms with E-state index in [0.717, 1.165) is 11.8 Å². The Kier molecular flexibility index (Phi) is 5.71. The number of nitrogens with one attached hydrogen (secondary N) is 1. The van der Waals surface area contributed by atoms with Crippen molar-refractivity contribution in [2.45, 2.75) is 38.5 Å². The third-order valence-corrected chi connectivity index (χ3v) is 5.00. The lowest BCUT2D eigenvalue weighted by molar-refractivity contribution is 0.303. The molecule has 0 aromatic heterocycles. The van der Waals surface area contributed by atoms with Crippen molar-refractivity contribution < 1.29 is 0 Å². The van der Waals surface area contributed by atoms with E-state index in [0.29, 0.717) is 0 Å². The zero-order valence-electron chi connectivity index (χ0n) is 11.3. The van der Waals surface area contributed by atoms with Crippen LogP contribution in [0.15, 0.2) is 28.7 Å². The molecule has 1 fully saturated rings. The van der Waals surface area contributed by atoms with Crippen molar-refractivity contribution in [2.24, 2.45) is 11.8 Å². The molecule has 1 nitrogen and oxygen atoms in total. The van der Waals surface area contributed by atoms with E-state index in [-0.39, 0.29) is 0 Å². The van der Waals surface area contributed by atoms with E-state index in [1.165, 1.54) is 55.1 Å². The number of rotatable bonds is 4. The highest BCUT2D eigenvalue weighted by molar-refractivity contribution is 9.10. The first-order chi connectivity index (χ1) is 8.81. The van der Waals surface area contributed by atoms with E-state index < -0.39 is 0 Å². The van der Waals surface area contributed by atoms with Crippen LogP contribution >= 0.6 is 15.9 Å². The first kappa shape index (κ1) is 14.1. The summed E-state index contributed by atoms with van der Waals surface area (Å²) in [6, 6.07) is 8.69. The Morgan fingerprint density at radius 1 is 1.11 bits per heavy atom. The maximum absolute atomic E-state index is 3.69. The maximum atomic E-state index is 3.69. The molecular formula is C16H24BrN. The zero-order chi connectivity index (χ0) is 12.8. The third kappa shape index (κ3) is 3.83. The van der Waals surface area contributed by atoms with Gasteiger partial charge in [0, 0.05) is 4.47 Å². The normalized spacial score (nSPS) is 24.8. The maximum Gasteiger partial charge on any atom is 0.0207 e. The fourth-order valence-electron chi connectivity index (χ4n) is 3.21. The van der Waals surface area contributed by atoms with E-state index in [1.807, 2.05) is 0 Å². The Labute approximate surface area is 119 Å². The molecule has 2 heteroatoms. The number of halogens is 1. The summed E-state index contributed by atoms with van der Waals surface area (Å²) in [6.07, 6.45) is 8.28. The van der Waals surface area contributed by atoms with Crippen molar-refractivity contribution in [3.63, 3.8) is 0 Å². The van der Waals surface area contributed by atoms with Crippen molar-refractivity contribution in [3.8, 4) is 0 Å². The zero-order valence-corrected chi connectivity index (χ0v) is 12.9. The van der Waals surface area contributed by atoms with Crippen LogP contribution in [-0.2, 0) is 6.42 Å². The van der Waals surface area contributed by atoms with Gasteiger partial charge in [-0.15, -0.1) is 0 Å².